The van der Waals surface area contributed by atoms with Gasteiger partial charge in [0.15, 0.2) is 11.5 Å². The van der Waals surface area contributed by atoms with Gasteiger partial charge in [0.2, 0.25) is 10.0 Å². The molecule has 0 spiro atoms. The van der Waals surface area contributed by atoms with Crippen LogP contribution in [0.4, 0.5) is 4.39 Å². The van der Waals surface area contributed by atoms with E-state index < -0.39 is 27.6 Å². The molecule has 1 atom stereocenters. The predicted octanol–water partition coefficient (Wildman–Crippen LogP) is 4.46. The van der Waals surface area contributed by atoms with Crippen molar-refractivity contribution < 1.29 is 22.3 Å². The third-order valence-corrected chi connectivity index (χ3v) is 5.56. The number of ether oxygens (including phenoxy) is 2. The molecule has 0 aliphatic carbocycles. The first-order valence-electron chi connectivity index (χ1n) is 8.59. The maximum absolute atomic E-state index is 13.9. The zero-order chi connectivity index (χ0) is 20.0. The average molecular weight is 416 g/mol. The molecule has 27 heavy (non-hydrogen) atoms. The van der Waals surface area contributed by atoms with Gasteiger partial charge in [-0.05, 0) is 50.6 Å². The molecule has 1 N–H and O–H groups in total. The van der Waals surface area contributed by atoms with Crippen molar-refractivity contribution in [3.05, 3.63) is 58.4 Å². The lowest BCUT2D eigenvalue weighted by Crippen LogP contribution is -2.28. The Morgan fingerprint density at radius 3 is 2.41 bits per heavy atom. The molecule has 0 heterocycles. The Bertz CT molecular complexity index is 869. The van der Waals surface area contributed by atoms with E-state index >= 15 is 0 Å². The summed E-state index contributed by atoms with van der Waals surface area (Å²) in [6.07, 6.45) is 0. The third kappa shape index (κ3) is 5.82. The lowest BCUT2D eigenvalue weighted by molar-refractivity contribution is 0.287. The first-order valence-corrected chi connectivity index (χ1v) is 10.6. The molecule has 0 bridgehead atoms. The van der Waals surface area contributed by atoms with E-state index in [2.05, 4.69) is 4.72 Å². The van der Waals surface area contributed by atoms with Crippen molar-refractivity contribution >= 4 is 21.6 Å². The lowest BCUT2D eigenvalue weighted by atomic mass is 10.1. The van der Waals surface area contributed by atoms with Gasteiger partial charge in [-0.15, -0.1) is 0 Å². The van der Waals surface area contributed by atoms with Crippen LogP contribution in [0.3, 0.4) is 0 Å². The largest absolute Gasteiger partial charge is 0.490 e. The van der Waals surface area contributed by atoms with Gasteiger partial charge in [0.05, 0.1) is 19.0 Å². The summed E-state index contributed by atoms with van der Waals surface area (Å²) in [7, 11) is -3.82. The van der Waals surface area contributed by atoms with Gasteiger partial charge >= 0.3 is 0 Å². The molecule has 2 aromatic carbocycles. The van der Waals surface area contributed by atoms with E-state index in [0.717, 1.165) is 0 Å². The molecule has 148 valence electrons. The normalized spacial score (nSPS) is 12.6. The molecule has 0 amide bonds. The summed E-state index contributed by atoms with van der Waals surface area (Å²) < 4.78 is 52.5. The van der Waals surface area contributed by atoms with E-state index in [1.54, 1.807) is 25.1 Å². The van der Waals surface area contributed by atoms with Crippen LogP contribution in [0.15, 0.2) is 36.4 Å². The maximum atomic E-state index is 13.9. The molecule has 0 aromatic heterocycles. The van der Waals surface area contributed by atoms with Crippen molar-refractivity contribution in [2.75, 3.05) is 13.2 Å². The summed E-state index contributed by atoms with van der Waals surface area (Å²) in [6, 6.07) is 8.76. The number of benzene rings is 2. The highest BCUT2D eigenvalue weighted by Crippen LogP contribution is 2.31. The Labute approximate surface area is 164 Å². The van der Waals surface area contributed by atoms with E-state index in [-0.39, 0.29) is 10.6 Å². The second kappa shape index (κ2) is 9.39. The van der Waals surface area contributed by atoms with Crippen molar-refractivity contribution in [1.82, 2.24) is 4.72 Å². The molecule has 0 aliphatic heterocycles. The molecular formula is C19H23ClFNO4S. The minimum absolute atomic E-state index is 0.0550. The summed E-state index contributed by atoms with van der Waals surface area (Å²) in [5.41, 5.74) is 0.644. The SMILES string of the molecule is CCOc1ccc(C(C)NS(=O)(=O)Cc2c(F)cccc2Cl)cc1OCC. The second-order valence-electron chi connectivity index (χ2n) is 5.87. The van der Waals surface area contributed by atoms with E-state index in [0.29, 0.717) is 30.3 Å². The van der Waals surface area contributed by atoms with E-state index in [1.807, 2.05) is 13.8 Å². The molecule has 5 nitrogen and oxygen atoms in total. The van der Waals surface area contributed by atoms with Gasteiger partial charge in [-0.2, -0.15) is 0 Å². The number of hydrogen-bond donors (Lipinski definition) is 1. The van der Waals surface area contributed by atoms with Gasteiger partial charge in [-0.25, -0.2) is 17.5 Å². The topological polar surface area (TPSA) is 64.6 Å². The summed E-state index contributed by atoms with van der Waals surface area (Å²) in [4.78, 5) is 0. The lowest BCUT2D eigenvalue weighted by Gasteiger charge is -2.18. The van der Waals surface area contributed by atoms with Crippen LogP contribution in [0.2, 0.25) is 5.02 Å². The fourth-order valence-electron chi connectivity index (χ4n) is 2.58. The van der Waals surface area contributed by atoms with Crippen LogP contribution in [0.25, 0.3) is 0 Å². The van der Waals surface area contributed by atoms with Crippen molar-refractivity contribution in [3.8, 4) is 11.5 Å². The van der Waals surface area contributed by atoms with Crippen LogP contribution in [0, 0.1) is 5.82 Å². The van der Waals surface area contributed by atoms with Crippen LogP contribution in [-0.2, 0) is 15.8 Å². The van der Waals surface area contributed by atoms with Gasteiger partial charge in [-0.3, -0.25) is 0 Å². The molecule has 0 saturated heterocycles. The number of halogens is 2. The quantitative estimate of drug-likeness (QED) is 0.656. The molecule has 8 heteroatoms. The third-order valence-electron chi connectivity index (χ3n) is 3.82. The number of sulfonamides is 1. The zero-order valence-electron chi connectivity index (χ0n) is 15.5. The summed E-state index contributed by atoms with van der Waals surface area (Å²) in [5, 5.41) is 0.0766. The Balaban J connectivity index is 2.20. The molecule has 2 aromatic rings. The Kier molecular flexibility index (Phi) is 7.47. The average Bonchev–Trinajstić information content (AvgIpc) is 2.60. The monoisotopic (exact) mass is 415 g/mol. The predicted molar refractivity (Wildman–Crippen MR) is 104 cm³/mol. The van der Waals surface area contributed by atoms with Crippen LogP contribution in [-0.4, -0.2) is 21.6 Å². The van der Waals surface area contributed by atoms with Crippen LogP contribution >= 0.6 is 11.6 Å². The van der Waals surface area contributed by atoms with Gasteiger partial charge in [-0.1, -0.05) is 23.7 Å². The highest BCUT2D eigenvalue weighted by Gasteiger charge is 2.21. The smallest absolute Gasteiger partial charge is 0.216 e. The van der Waals surface area contributed by atoms with Gasteiger partial charge < -0.3 is 9.47 Å². The number of rotatable bonds is 9. The van der Waals surface area contributed by atoms with Gasteiger partial charge in [0.25, 0.3) is 0 Å². The standard InChI is InChI=1S/C19H23ClFNO4S/c1-4-25-18-10-9-14(11-19(18)26-5-2)13(3)22-27(23,24)12-15-16(20)7-6-8-17(15)21/h6-11,13,22H,4-5,12H2,1-3H3. The van der Waals surface area contributed by atoms with E-state index in [1.165, 1.54) is 18.2 Å². The molecular weight excluding hydrogens is 393 g/mol. The van der Waals surface area contributed by atoms with Crippen molar-refractivity contribution in [1.29, 1.82) is 0 Å². The summed E-state index contributed by atoms with van der Waals surface area (Å²) >= 11 is 5.93. The van der Waals surface area contributed by atoms with Crippen molar-refractivity contribution in [3.63, 3.8) is 0 Å². The maximum Gasteiger partial charge on any atom is 0.216 e. The summed E-state index contributed by atoms with van der Waals surface area (Å²) in [5.74, 6) is -0.0605. The molecule has 2 rings (SSSR count). The van der Waals surface area contributed by atoms with Crippen LogP contribution < -0.4 is 14.2 Å². The highest BCUT2D eigenvalue weighted by molar-refractivity contribution is 7.88. The fraction of sp³-hybridized carbons (Fsp3) is 0.368. The number of nitrogens with one attached hydrogen (secondary N) is 1. The highest BCUT2D eigenvalue weighted by atomic mass is 35.5. The molecule has 0 fully saturated rings. The minimum Gasteiger partial charge on any atom is -0.490 e. The van der Waals surface area contributed by atoms with Gasteiger partial charge in [0.1, 0.15) is 5.82 Å². The molecule has 0 saturated carbocycles. The zero-order valence-corrected chi connectivity index (χ0v) is 17.0. The Hall–Kier alpha value is -1.83. The first kappa shape index (κ1) is 21.5. The number of hydrogen-bond acceptors (Lipinski definition) is 4. The second-order valence-corrected chi connectivity index (χ2v) is 8.03. The molecule has 0 aliphatic rings. The summed E-state index contributed by atoms with van der Waals surface area (Å²) in [6.45, 7) is 6.37. The fourth-order valence-corrected chi connectivity index (χ4v) is 4.32. The van der Waals surface area contributed by atoms with Gasteiger partial charge in [0, 0.05) is 16.6 Å². The van der Waals surface area contributed by atoms with Crippen molar-refractivity contribution in [2.45, 2.75) is 32.6 Å². The Morgan fingerprint density at radius 1 is 1.11 bits per heavy atom. The minimum atomic E-state index is -3.82. The molecule has 1 unspecified atom stereocenters. The van der Waals surface area contributed by atoms with E-state index in [4.69, 9.17) is 21.1 Å². The van der Waals surface area contributed by atoms with E-state index in [9.17, 15) is 12.8 Å². The van der Waals surface area contributed by atoms with Crippen LogP contribution in [0.1, 0.15) is 37.9 Å². The molecule has 0 radical (unpaired) electrons. The van der Waals surface area contributed by atoms with Crippen LogP contribution in [0.5, 0.6) is 11.5 Å². The van der Waals surface area contributed by atoms with Crippen molar-refractivity contribution in [2.24, 2.45) is 0 Å². The first-order chi connectivity index (χ1) is 12.8. The Morgan fingerprint density at radius 2 is 1.78 bits per heavy atom.